The molecule has 0 saturated heterocycles. The standard InChI is InChI=1S/C38H64OS/c1-26(2)10-7-11-27(3)12-8-13-28(4)14-9-15-29(5)16-17-30-24-31-25-32(39)18-19-33(31)34-22-23-38(6)35(37(30)34)20-21-36(38)40/h18-19,25-30,34-37,39-40H,7-17,20-24H2,1-6H3/t27?,28?,29-,30+,34?,35?,36?,37?,38?/m0/s1. The summed E-state index contributed by atoms with van der Waals surface area (Å²) in [5.41, 5.74) is 3.44. The zero-order chi connectivity index (χ0) is 28.9. The van der Waals surface area contributed by atoms with Crippen LogP contribution in [-0.2, 0) is 6.42 Å². The SMILES string of the molecule is CC(C)CCCC(C)CCCC(C)CCC[C@H](C)CC[C@@H]1Cc2cc(O)ccc2C2CCC3(C)C(S)CCC3C21. The first-order valence-electron chi connectivity index (χ1n) is 17.6. The Morgan fingerprint density at radius 3 is 2.05 bits per heavy atom. The summed E-state index contributed by atoms with van der Waals surface area (Å²) >= 11 is 5.11. The number of phenolic OH excluding ortho intramolecular Hbond substituents is 1. The molecule has 0 radical (unpaired) electrons. The Kier molecular flexibility index (Phi) is 11.9. The molecule has 7 unspecified atom stereocenters. The van der Waals surface area contributed by atoms with E-state index >= 15 is 0 Å². The van der Waals surface area contributed by atoms with Crippen molar-refractivity contribution in [1.82, 2.24) is 0 Å². The van der Waals surface area contributed by atoms with E-state index in [1.807, 2.05) is 6.07 Å². The Bertz CT molecular complexity index is 909. The molecule has 9 atom stereocenters. The molecule has 4 rings (SSSR count). The molecule has 0 bridgehead atoms. The van der Waals surface area contributed by atoms with E-state index in [0.29, 0.717) is 22.3 Å². The van der Waals surface area contributed by atoms with Crippen molar-refractivity contribution in [1.29, 1.82) is 0 Å². The molecule has 0 heterocycles. The Balaban J connectivity index is 1.23. The molecule has 2 fully saturated rings. The van der Waals surface area contributed by atoms with Gasteiger partial charge in [-0.15, -0.1) is 0 Å². The molecule has 3 aliphatic rings. The van der Waals surface area contributed by atoms with Crippen LogP contribution in [0.5, 0.6) is 5.75 Å². The highest BCUT2D eigenvalue weighted by Crippen LogP contribution is 2.63. The second-order valence-corrected chi connectivity index (χ2v) is 16.5. The second kappa shape index (κ2) is 14.7. The summed E-state index contributed by atoms with van der Waals surface area (Å²) in [6.07, 6.45) is 22.0. The molecule has 40 heavy (non-hydrogen) atoms. The normalized spacial score (nSPS) is 31.9. The fraction of sp³-hybridized carbons (Fsp3) is 0.842. The van der Waals surface area contributed by atoms with Gasteiger partial charge in [-0.25, -0.2) is 0 Å². The number of hydrogen-bond acceptors (Lipinski definition) is 2. The molecular weight excluding hydrogens is 504 g/mol. The van der Waals surface area contributed by atoms with E-state index in [-0.39, 0.29) is 0 Å². The topological polar surface area (TPSA) is 20.2 Å². The molecule has 2 heteroatoms. The first-order chi connectivity index (χ1) is 19.1. The number of rotatable bonds is 15. The van der Waals surface area contributed by atoms with Crippen LogP contribution in [-0.4, -0.2) is 10.4 Å². The van der Waals surface area contributed by atoms with E-state index in [2.05, 4.69) is 53.7 Å². The van der Waals surface area contributed by atoms with Gasteiger partial charge in [-0.3, -0.25) is 0 Å². The first kappa shape index (κ1) is 32.3. The molecule has 1 nitrogen and oxygen atoms in total. The number of hydrogen-bond donors (Lipinski definition) is 2. The van der Waals surface area contributed by atoms with Crippen LogP contribution in [0.1, 0.15) is 155 Å². The lowest BCUT2D eigenvalue weighted by Crippen LogP contribution is -2.46. The minimum absolute atomic E-state index is 0.421. The summed E-state index contributed by atoms with van der Waals surface area (Å²) in [6, 6.07) is 6.31. The van der Waals surface area contributed by atoms with Gasteiger partial charge in [-0.05, 0) is 115 Å². The summed E-state index contributed by atoms with van der Waals surface area (Å²) in [4.78, 5) is 0. The monoisotopic (exact) mass is 568 g/mol. The van der Waals surface area contributed by atoms with Gasteiger partial charge in [0.05, 0.1) is 0 Å². The maximum absolute atomic E-state index is 10.3. The predicted molar refractivity (Wildman–Crippen MR) is 177 cm³/mol. The molecule has 2 saturated carbocycles. The fourth-order valence-corrected chi connectivity index (χ4v) is 9.94. The molecule has 228 valence electrons. The molecule has 3 aliphatic carbocycles. The lowest BCUT2D eigenvalue weighted by Gasteiger charge is -2.53. The number of thiol groups is 1. The Hall–Kier alpha value is -0.630. The highest BCUT2D eigenvalue weighted by molar-refractivity contribution is 7.81. The first-order valence-corrected chi connectivity index (χ1v) is 18.1. The van der Waals surface area contributed by atoms with Crippen molar-refractivity contribution in [2.75, 3.05) is 0 Å². The smallest absolute Gasteiger partial charge is 0.115 e. The van der Waals surface area contributed by atoms with Crippen LogP contribution >= 0.6 is 12.6 Å². The van der Waals surface area contributed by atoms with Crippen molar-refractivity contribution in [3.05, 3.63) is 29.3 Å². The van der Waals surface area contributed by atoms with Gasteiger partial charge in [0.25, 0.3) is 0 Å². The minimum atomic E-state index is 0.421. The average molecular weight is 569 g/mol. The zero-order valence-electron chi connectivity index (χ0n) is 27.1. The van der Waals surface area contributed by atoms with Crippen LogP contribution in [0, 0.1) is 46.8 Å². The number of phenols is 1. The van der Waals surface area contributed by atoms with Gasteiger partial charge in [0.15, 0.2) is 0 Å². The number of aromatic hydroxyl groups is 1. The summed E-state index contributed by atoms with van der Waals surface area (Å²) in [7, 11) is 0. The van der Waals surface area contributed by atoms with Gasteiger partial charge >= 0.3 is 0 Å². The molecule has 0 spiro atoms. The molecule has 0 aromatic heterocycles. The van der Waals surface area contributed by atoms with Gasteiger partial charge in [0, 0.05) is 5.25 Å². The Labute approximate surface area is 254 Å². The van der Waals surface area contributed by atoms with E-state index < -0.39 is 0 Å². The summed E-state index contributed by atoms with van der Waals surface area (Å²) < 4.78 is 0. The predicted octanol–water partition coefficient (Wildman–Crippen LogP) is 11.6. The summed E-state index contributed by atoms with van der Waals surface area (Å²) in [6.45, 7) is 14.8. The molecule has 0 aliphatic heterocycles. The second-order valence-electron chi connectivity index (χ2n) is 15.9. The largest absolute Gasteiger partial charge is 0.508 e. The van der Waals surface area contributed by atoms with E-state index in [1.165, 1.54) is 108 Å². The molecule has 1 aromatic rings. The molecule has 0 amide bonds. The fourth-order valence-electron chi connectivity index (χ4n) is 9.47. The van der Waals surface area contributed by atoms with Crippen molar-refractivity contribution in [2.24, 2.45) is 46.8 Å². The van der Waals surface area contributed by atoms with Crippen molar-refractivity contribution in [3.8, 4) is 5.75 Å². The van der Waals surface area contributed by atoms with E-state index in [1.54, 1.807) is 5.56 Å². The van der Waals surface area contributed by atoms with Gasteiger partial charge < -0.3 is 5.11 Å². The van der Waals surface area contributed by atoms with Gasteiger partial charge in [0.1, 0.15) is 5.75 Å². The van der Waals surface area contributed by atoms with Crippen molar-refractivity contribution in [2.45, 2.75) is 155 Å². The van der Waals surface area contributed by atoms with Gasteiger partial charge in [-0.2, -0.15) is 12.6 Å². The van der Waals surface area contributed by atoms with Crippen LogP contribution in [0.25, 0.3) is 0 Å². The van der Waals surface area contributed by atoms with Crippen molar-refractivity contribution < 1.29 is 5.11 Å². The quantitative estimate of drug-likeness (QED) is 0.202. The maximum Gasteiger partial charge on any atom is 0.115 e. The highest BCUT2D eigenvalue weighted by Gasteiger charge is 2.55. The van der Waals surface area contributed by atoms with Crippen LogP contribution in [0.2, 0.25) is 0 Å². The lowest BCUT2D eigenvalue weighted by molar-refractivity contribution is 0.0241. The highest BCUT2D eigenvalue weighted by atomic mass is 32.1. The lowest BCUT2D eigenvalue weighted by atomic mass is 9.52. The third kappa shape index (κ3) is 8.05. The summed E-state index contributed by atoms with van der Waals surface area (Å²) in [5, 5.41) is 10.9. The third-order valence-corrected chi connectivity index (χ3v) is 13.0. The van der Waals surface area contributed by atoms with E-state index in [9.17, 15) is 5.11 Å². The Morgan fingerprint density at radius 2 is 1.43 bits per heavy atom. The maximum atomic E-state index is 10.3. The minimum Gasteiger partial charge on any atom is -0.508 e. The zero-order valence-corrected chi connectivity index (χ0v) is 28.0. The van der Waals surface area contributed by atoms with Crippen molar-refractivity contribution in [3.63, 3.8) is 0 Å². The van der Waals surface area contributed by atoms with Crippen molar-refractivity contribution >= 4 is 12.6 Å². The Morgan fingerprint density at radius 1 is 0.825 bits per heavy atom. The number of fused-ring (bicyclic) bond motifs is 5. The van der Waals surface area contributed by atoms with Crippen LogP contribution in [0.3, 0.4) is 0 Å². The van der Waals surface area contributed by atoms with Gasteiger partial charge in [0.2, 0.25) is 0 Å². The van der Waals surface area contributed by atoms with Crippen LogP contribution in [0.15, 0.2) is 18.2 Å². The average Bonchev–Trinajstić information content (AvgIpc) is 3.20. The van der Waals surface area contributed by atoms with E-state index in [0.717, 1.165) is 41.4 Å². The summed E-state index contributed by atoms with van der Waals surface area (Å²) in [5.74, 6) is 7.04. The number of benzene rings is 1. The molecule has 1 N–H and O–H groups in total. The molecular formula is C38H64OS. The van der Waals surface area contributed by atoms with Gasteiger partial charge in [-0.1, -0.05) is 112 Å². The third-order valence-electron chi connectivity index (χ3n) is 12.1. The van der Waals surface area contributed by atoms with Crippen LogP contribution < -0.4 is 0 Å². The van der Waals surface area contributed by atoms with Crippen LogP contribution in [0.4, 0.5) is 0 Å². The molecule has 1 aromatic carbocycles. The van der Waals surface area contributed by atoms with E-state index in [4.69, 9.17) is 12.6 Å².